The zero-order chi connectivity index (χ0) is 14.1. The third kappa shape index (κ3) is 2.99. The van der Waals surface area contributed by atoms with Gasteiger partial charge >= 0.3 is 5.97 Å². The second-order valence-corrected chi connectivity index (χ2v) is 5.66. The number of nitrogens with zero attached hydrogens (tertiary/aromatic N) is 2. The monoisotopic (exact) mass is 278 g/mol. The minimum absolute atomic E-state index is 0.237. The molecule has 1 aliphatic heterocycles. The number of carboxylic acids is 1. The van der Waals surface area contributed by atoms with E-state index in [1.54, 1.807) is 6.07 Å². The number of aromatic carboxylic acids is 1. The predicted octanol–water partition coefficient (Wildman–Crippen LogP) is 1.80. The van der Waals surface area contributed by atoms with Gasteiger partial charge in [-0.15, -0.1) is 0 Å². The van der Waals surface area contributed by atoms with Crippen molar-refractivity contribution >= 4 is 5.97 Å². The molecular formula is C15H19FN2O2. The number of halogens is 1. The summed E-state index contributed by atoms with van der Waals surface area (Å²) in [6.45, 7) is 4.85. The van der Waals surface area contributed by atoms with Gasteiger partial charge in [-0.3, -0.25) is 9.80 Å². The van der Waals surface area contributed by atoms with Crippen LogP contribution in [0.25, 0.3) is 0 Å². The Hall–Kier alpha value is -1.46. The average Bonchev–Trinajstić information content (AvgIpc) is 3.26. The first-order chi connectivity index (χ1) is 9.63. The first-order valence-corrected chi connectivity index (χ1v) is 7.11. The van der Waals surface area contributed by atoms with Crippen molar-refractivity contribution in [3.63, 3.8) is 0 Å². The SMILES string of the molecule is O=C(O)c1cc(CN2CCN(C3CC3)CC2)ccc1F. The third-order valence-corrected chi connectivity index (χ3v) is 4.14. The van der Waals surface area contributed by atoms with Crippen LogP contribution in [-0.2, 0) is 6.54 Å². The summed E-state index contributed by atoms with van der Waals surface area (Å²) in [6, 6.07) is 5.18. The first-order valence-electron chi connectivity index (χ1n) is 7.11. The highest BCUT2D eigenvalue weighted by atomic mass is 19.1. The first kappa shape index (κ1) is 13.5. The minimum atomic E-state index is -1.21. The second kappa shape index (κ2) is 5.50. The van der Waals surface area contributed by atoms with E-state index in [1.165, 1.54) is 25.0 Å². The Kier molecular flexibility index (Phi) is 3.72. The van der Waals surface area contributed by atoms with E-state index in [0.29, 0.717) is 6.54 Å². The van der Waals surface area contributed by atoms with Crippen LogP contribution in [0.15, 0.2) is 18.2 Å². The van der Waals surface area contributed by atoms with Crippen molar-refractivity contribution in [3.05, 3.63) is 35.1 Å². The number of carboxylic acid groups (broad SMARTS) is 1. The van der Waals surface area contributed by atoms with E-state index in [9.17, 15) is 9.18 Å². The summed E-state index contributed by atoms with van der Waals surface area (Å²) in [7, 11) is 0. The Balaban J connectivity index is 1.60. The van der Waals surface area contributed by atoms with Crippen molar-refractivity contribution < 1.29 is 14.3 Å². The maximum Gasteiger partial charge on any atom is 0.338 e. The number of rotatable bonds is 4. The molecule has 2 aliphatic rings. The van der Waals surface area contributed by atoms with Crippen molar-refractivity contribution in [2.75, 3.05) is 26.2 Å². The van der Waals surface area contributed by atoms with Gasteiger partial charge in [-0.1, -0.05) is 6.07 Å². The topological polar surface area (TPSA) is 43.8 Å². The van der Waals surface area contributed by atoms with Crippen LogP contribution in [0.2, 0.25) is 0 Å². The van der Waals surface area contributed by atoms with Gasteiger partial charge in [0.25, 0.3) is 0 Å². The van der Waals surface area contributed by atoms with Gasteiger partial charge < -0.3 is 5.11 Å². The second-order valence-electron chi connectivity index (χ2n) is 5.66. The number of carbonyl (C=O) groups is 1. The molecular weight excluding hydrogens is 259 g/mol. The lowest BCUT2D eigenvalue weighted by Crippen LogP contribution is -2.46. The molecule has 0 amide bonds. The quantitative estimate of drug-likeness (QED) is 0.912. The van der Waals surface area contributed by atoms with Crippen LogP contribution < -0.4 is 0 Å². The van der Waals surface area contributed by atoms with Crippen LogP contribution in [-0.4, -0.2) is 53.1 Å². The normalized spacial score (nSPS) is 21.1. The van der Waals surface area contributed by atoms with Crippen molar-refractivity contribution in [1.82, 2.24) is 9.80 Å². The molecule has 1 aromatic carbocycles. The van der Waals surface area contributed by atoms with Gasteiger partial charge in [-0.05, 0) is 30.5 Å². The molecule has 1 aromatic rings. The lowest BCUT2D eigenvalue weighted by Gasteiger charge is -2.34. The maximum atomic E-state index is 13.3. The average molecular weight is 278 g/mol. The molecule has 1 heterocycles. The van der Waals surface area contributed by atoms with Crippen LogP contribution in [0.3, 0.4) is 0 Å². The smallest absolute Gasteiger partial charge is 0.338 e. The third-order valence-electron chi connectivity index (χ3n) is 4.14. The predicted molar refractivity (Wildman–Crippen MR) is 73.2 cm³/mol. The summed E-state index contributed by atoms with van der Waals surface area (Å²) in [5, 5.41) is 8.94. The molecule has 0 spiro atoms. The molecule has 2 fully saturated rings. The Morgan fingerprint density at radius 3 is 2.55 bits per heavy atom. The summed E-state index contributed by atoms with van der Waals surface area (Å²) in [5.41, 5.74) is 0.628. The summed E-state index contributed by atoms with van der Waals surface area (Å²) in [4.78, 5) is 15.8. The van der Waals surface area contributed by atoms with Crippen LogP contribution in [0.4, 0.5) is 4.39 Å². The molecule has 20 heavy (non-hydrogen) atoms. The number of hydrogen-bond donors (Lipinski definition) is 1. The van der Waals surface area contributed by atoms with Gasteiger partial charge in [-0.2, -0.15) is 0 Å². The van der Waals surface area contributed by atoms with E-state index in [-0.39, 0.29) is 5.56 Å². The number of piperazine rings is 1. The fourth-order valence-electron chi connectivity index (χ4n) is 2.82. The van der Waals surface area contributed by atoms with Crippen molar-refractivity contribution in [2.45, 2.75) is 25.4 Å². The minimum Gasteiger partial charge on any atom is -0.478 e. The Bertz CT molecular complexity index is 509. The van der Waals surface area contributed by atoms with Crippen molar-refractivity contribution in [1.29, 1.82) is 0 Å². The number of benzene rings is 1. The van der Waals surface area contributed by atoms with Gasteiger partial charge in [0.1, 0.15) is 5.82 Å². The summed E-state index contributed by atoms with van der Waals surface area (Å²) < 4.78 is 13.3. The van der Waals surface area contributed by atoms with E-state index < -0.39 is 11.8 Å². The lowest BCUT2D eigenvalue weighted by molar-refractivity contribution is 0.0691. The van der Waals surface area contributed by atoms with Crippen LogP contribution in [0.5, 0.6) is 0 Å². The molecule has 0 unspecified atom stereocenters. The molecule has 1 N–H and O–H groups in total. The van der Waals surface area contributed by atoms with Crippen LogP contribution in [0.1, 0.15) is 28.8 Å². The highest BCUT2D eigenvalue weighted by Crippen LogP contribution is 2.27. The standard InChI is InChI=1S/C15H19FN2O2/c16-14-4-1-11(9-13(14)15(19)20)10-17-5-7-18(8-6-17)12-2-3-12/h1,4,9,12H,2-3,5-8,10H2,(H,19,20). The van der Waals surface area contributed by atoms with Gasteiger partial charge in [0.2, 0.25) is 0 Å². The molecule has 0 atom stereocenters. The molecule has 1 aliphatic carbocycles. The van der Waals surface area contributed by atoms with Gasteiger partial charge in [-0.25, -0.2) is 9.18 Å². The fraction of sp³-hybridized carbons (Fsp3) is 0.533. The highest BCUT2D eigenvalue weighted by Gasteiger charge is 2.31. The Morgan fingerprint density at radius 2 is 1.95 bits per heavy atom. The zero-order valence-electron chi connectivity index (χ0n) is 11.4. The fourth-order valence-corrected chi connectivity index (χ4v) is 2.82. The largest absolute Gasteiger partial charge is 0.478 e. The Morgan fingerprint density at radius 1 is 1.25 bits per heavy atom. The van der Waals surface area contributed by atoms with Gasteiger partial charge in [0.05, 0.1) is 5.56 Å². The van der Waals surface area contributed by atoms with Gasteiger partial charge in [0, 0.05) is 38.8 Å². The van der Waals surface area contributed by atoms with E-state index in [0.717, 1.165) is 37.8 Å². The van der Waals surface area contributed by atoms with Crippen LogP contribution >= 0.6 is 0 Å². The van der Waals surface area contributed by atoms with Crippen LogP contribution in [0, 0.1) is 5.82 Å². The van der Waals surface area contributed by atoms with Crippen molar-refractivity contribution in [3.8, 4) is 0 Å². The molecule has 5 heteroatoms. The van der Waals surface area contributed by atoms with E-state index >= 15 is 0 Å². The lowest BCUT2D eigenvalue weighted by atomic mass is 10.1. The molecule has 1 saturated heterocycles. The zero-order valence-corrected chi connectivity index (χ0v) is 11.4. The molecule has 0 bridgehead atoms. The molecule has 0 aromatic heterocycles. The highest BCUT2D eigenvalue weighted by molar-refractivity contribution is 5.88. The molecule has 1 saturated carbocycles. The summed E-state index contributed by atoms with van der Waals surface area (Å²) in [5.74, 6) is -1.87. The number of hydrogen-bond acceptors (Lipinski definition) is 3. The van der Waals surface area contributed by atoms with Crippen molar-refractivity contribution in [2.24, 2.45) is 0 Å². The molecule has 3 rings (SSSR count). The summed E-state index contributed by atoms with van der Waals surface area (Å²) in [6.07, 6.45) is 2.67. The van der Waals surface area contributed by atoms with E-state index in [2.05, 4.69) is 9.80 Å². The molecule has 4 nitrogen and oxygen atoms in total. The van der Waals surface area contributed by atoms with Gasteiger partial charge in [0.15, 0.2) is 0 Å². The maximum absolute atomic E-state index is 13.3. The van der Waals surface area contributed by atoms with E-state index in [1.807, 2.05) is 0 Å². The summed E-state index contributed by atoms with van der Waals surface area (Å²) >= 11 is 0. The Labute approximate surface area is 117 Å². The van der Waals surface area contributed by atoms with E-state index in [4.69, 9.17) is 5.11 Å². The molecule has 0 radical (unpaired) electrons. The molecule has 108 valence electrons.